The van der Waals surface area contributed by atoms with Crippen LogP contribution in [0.4, 0.5) is 0 Å². The fraction of sp³-hybridized carbons (Fsp3) is 0.708. The average molecular weight is 424 g/mol. The minimum absolute atomic E-state index is 0.0977. The highest BCUT2D eigenvalue weighted by Gasteiger charge is 2.26. The van der Waals surface area contributed by atoms with E-state index >= 15 is 0 Å². The van der Waals surface area contributed by atoms with Crippen molar-refractivity contribution in [2.75, 3.05) is 13.1 Å². The number of thiocarbonyl (C=S) groups is 1. The van der Waals surface area contributed by atoms with Gasteiger partial charge in [0.1, 0.15) is 10.1 Å². The predicted molar refractivity (Wildman–Crippen MR) is 131 cm³/mol. The lowest BCUT2D eigenvalue weighted by Gasteiger charge is -2.28. The van der Waals surface area contributed by atoms with E-state index in [9.17, 15) is 5.11 Å². The second kappa shape index (κ2) is 10.9. The molecule has 1 rings (SSSR count). The van der Waals surface area contributed by atoms with Crippen LogP contribution in [0.25, 0.3) is 0 Å². The highest BCUT2D eigenvalue weighted by atomic mass is 32.2. The molecule has 0 aliphatic rings. The van der Waals surface area contributed by atoms with Crippen LogP contribution >= 0.6 is 24.0 Å². The highest BCUT2D eigenvalue weighted by Crippen LogP contribution is 2.40. The summed E-state index contributed by atoms with van der Waals surface area (Å²) in [5.41, 5.74) is 3.09. The summed E-state index contributed by atoms with van der Waals surface area (Å²) < 4.78 is 1.00. The summed E-state index contributed by atoms with van der Waals surface area (Å²) in [6.45, 7) is 19.5. The molecule has 2 nitrogen and oxygen atoms in total. The van der Waals surface area contributed by atoms with Crippen molar-refractivity contribution in [3.05, 3.63) is 28.8 Å². The molecule has 0 spiro atoms. The Balaban J connectivity index is 3.05. The van der Waals surface area contributed by atoms with E-state index in [0.29, 0.717) is 5.75 Å². The van der Waals surface area contributed by atoms with Gasteiger partial charge in [-0.25, -0.2) is 0 Å². The quantitative estimate of drug-likeness (QED) is 0.440. The van der Waals surface area contributed by atoms with Gasteiger partial charge >= 0.3 is 0 Å². The fourth-order valence-corrected chi connectivity index (χ4v) is 4.33. The summed E-state index contributed by atoms with van der Waals surface area (Å²) in [7, 11) is 0. The molecule has 0 bridgehead atoms. The summed E-state index contributed by atoms with van der Waals surface area (Å²) >= 11 is 7.54. The lowest BCUT2D eigenvalue weighted by Crippen LogP contribution is -2.29. The Morgan fingerprint density at radius 2 is 1.36 bits per heavy atom. The number of nitrogens with zero attached hydrogens (tertiary/aromatic N) is 1. The third-order valence-corrected chi connectivity index (χ3v) is 6.56. The molecule has 0 amide bonds. The minimum Gasteiger partial charge on any atom is -0.507 e. The maximum Gasteiger partial charge on any atom is 0.136 e. The van der Waals surface area contributed by atoms with E-state index in [2.05, 4.69) is 72.4 Å². The van der Waals surface area contributed by atoms with E-state index in [0.717, 1.165) is 34.3 Å². The van der Waals surface area contributed by atoms with Gasteiger partial charge in [-0.05, 0) is 40.4 Å². The molecule has 1 aromatic rings. The number of hydrogen-bond acceptors (Lipinski definition) is 3. The van der Waals surface area contributed by atoms with Crippen LogP contribution in [0, 0.1) is 0 Å². The number of hydrogen-bond donors (Lipinski definition) is 1. The standard InChI is InChI=1S/C24H41NOS2/c1-9-11-13-25(14-12-10-2)22(27)28-17-18-15-19(23(3,4)5)21(26)20(16-18)24(6,7)8/h15-16,26H,9-14,17H2,1-8H3. The summed E-state index contributed by atoms with van der Waals surface area (Å²) in [5, 5.41) is 10.9. The van der Waals surface area contributed by atoms with Gasteiger partial charge in [0.25, 0.3) is 0 Å². The molecule has 0 fully saturated rings. The largest absolute Gasteiger partial charge is 0.507 e. The van der Waals surface area contributed by atoms with Crippen LogP contribution in [0.1, 0.15) is 97.8 Å². The Labute approximate surface area is 183 Å². The van der Waals surface area contributed by atoms with Crippen molar-refractivity contribution in [1.29, 1.82) is 0 Å². The first kappa shape index (κ1) is 25.3. The van der Waals surface area contributed by atoms with Gasteiger partial charge < -0.3 is 10.0 Å². The summed E-state index contributed by atoms with van der Waals surface area (Å²) in [6, 6.07) is 4.34. The second-order valence-electron chi connectivity index (χ2n) is 9.79. The SMILES string of the molecule is CCCCN(CCCC)C(=S)SCc1cc(C(C)(C)C)c(O)c(C(C)(C)C)c1. The van der Waals surface area contributed by atoms with Gasteiger partial charge in [-0.3, -0.25) is 0 Å². The topological polar surface area (TPSA) is 23.5 Å². The Hall–Kier alpha value is -0.740. The summed E-state index contributed by atoms with van der Waals surface area (Å²) in [5.74, 6) is 1.30. The third-order valence-electron chi connectivity index (χ3n) is 4.97. The Morgan fingerprint density at radius 1 is 0.929 bits per heavy atom. The molecule has 0 atom stereocenters. The monoisotopic (exact) mass is 423 g/mol. The van der Waals surface area contributed by atoms with Crippen molar-refractivity contribution in [3.63, 3.8) is 0 Å². The number of phenolic OH excluding ortho intramolecular Hbond substituents is 1. The molecular formula is C24H41NOS2. The first-order chi connectivity index (χ1) is 12.9. The van der Waals surface area contributed by atoms with Crippen LogP contribution in [0.2, 0.25) is 0 Å². The summed E-state index contributed by atoms with van der Waals surface area (Å²) in [4.78, 5) is 2.38. The van der Waals surface area contributed by atoms with Crippen molar-refractivity contribution in [3.8, 4) is 5.75 Å². The van der Waals surface area contributed by atoms with Gasteiger partial charge in [-0.1, -0.05) is 104 Å². The first-order valence-electron chi connectivity index (χ1n) is 10.7. The maximum atomic E-state index is 10.9. The zero-order chi connectivity index (χ0) is 21.5. The van der Waals surface area contributed by atoms with Gasteiger partial charge in [-0.15, -0.1) is 0 Å². The second-order valence-corrected chi connectivity index (χ2v) is 11.4. The van der Waals surface area contributed by atoms with Crippen LogP contribution in [-0.2, 0) is 16.6 Å². The van der Waals surface area contributed by atoms with Crippen LogP contribution in [0.5, 0.6) is 5.75 Å². The van der Waals surface area contributed by atoms with E-state index < -0.39 is 0 Å². The Morgan fingerprint density at radius 3 is 1.71 bits per heavy atom. The van der Waals surface area contributed by atoms with Gasteiger partial charge in [0.2, 0.25) is 0 Å². The van der Waals surface area contributed by atoms with Crippen molar-refractivity contribution in [2.45, 2.75) is 97.7 Å². The van der Waals surface area contributed by atoms with Crippen molar-refractivity contribution in [2.24, 2.45) is 0 Å². The molecule has 0 aromatic heterocycles. The average Bonchev–Trinajstić information content (AvgIpc) is 2.58. The molecule has 0 aliphatic carbocycles. The van der Waals surface area contributed by atoms with Crippen LogP contribution in [0.15, 0.2) is 12.1 Å². The molecule has 1 N–H and O–H groups in total. The molecule has 0 aliphatic heterocycles. The Kier molecular flexibility index (Phi) is 9.82. The van der Waals surface area contributed by atoms with Gasteiger partial charge in [0, 0.05) is 18.8 Å². The smallest absolute Gasteiger partial charge is 0.136 e. The number of aromatic hydroxyl groups is 1. The van der Waals surface area contributed by atoms with E-state index in [1.807, 2.05) is 0 Å². The molecule has 4 heteroatoms. The van der Waals surface area contributed by atoms with Crippen LogP contribution in [-0.4, -0.2) is 27.4 Å². The number of thioether (sulfide) groups is 1. The molecule has 0 radical (unpaired) electrons. The lowest BCUT2D eigenvalue weighted by molar-refractivity contribution is 0.410. The van der Waals surface area contributed by atoms with E-state index in [1.54, 1.807) is 11.8 Å². The van der Waals surface area contributed by atoms with Crippen molar-refractivity contribution >= 4 is 28.3 Å². The molecule has 160 valence electrons. The molecule has 0 heterocycles. The number of benzene rings is 1. The number of rotatable bonds is 8. The number of unbranched alkanes of at least 4 members (excludes halogenated alkanes) is 2. The van der Waals surface area contributed by atoms with Gasteiger partial charge in [-0.2, -0.15) is 0 Å². The van der Waals surface area contributed by atoms with Gasteiger partial charge in [0.15, 0.2) is 0 Å². The Bertz CT molecular complexity index is 598. The zero-order valence-corrected chi connectivity index (χ0v) is 20.9. The lowest BCUT2D eigenvalue weighted by atomic mass is 9.78. The van der Waals surface area contributed by atoms with E-state index in [4.69, 9.17) is 12.2 Å². The zero-order valence-electron chi connectivity index (χ0n) is 19.3. The normalized spacial score (nSPS) is 12.3. The molecule has 0 saturated heterocycles. The minimum atomic E-state index is -0.0977. The molecule has 0 saturated carbocycles. The molecular weight excluding hydrogens is 382 g/mol. The van der Waals surface area contributed by atoms with Crippen LogP contribution < -0.4 is 0 Å². The van der Waals surface area contributed by atoms with Crippen molar-refractivity contribution in [1.82, 2.24) is 4.90 Å². The fourth-order valence-electron chi connectivity index (χ4n) is 3.15. The molecule has 1 aromatic carbocycles. The highest BCUT2D eigenvalue weighted by molar-refractivity contribution is 8.22. The van der Waals surface area contributed by atoms with E-state index in [-0.39, 0.29) is 10.8 Å². The predicted octanol–water partition coefficient (Wildman–Crippen LogP) is 7.41. The maximum absolute atomic E-state index is 10.9. The molecule has 0 unspecified atom stereocenters. The van der Waals surface area contributed by atoms with Gasteiger partial charge in [0.05, 0.1) is 0 Å². The van der Waals surface area contributed by atoms with E-state index in [1.165, 1.54) is 31.2 Å². The van der Waals surface area contributed by atoms with Crippen LogP contribution in [0.3, 0.4) is 0 Å². The first-order valence-corrected chi connectivity index (χ1v) is 12.1. The number of phenols is 1. The summed E-state index contributed by atoms with van der Waals surface area (Å²) in [6.07, 6.45) is 4.76. The molecule has 28 heavy (non-hydrogen) atoms. The van der Waals surface area contributed by atoms with Crippen molar-refractivity contribution < 1.29 is 5.11 Å². The third kappa shape index (κ3) is 7.59.